The Morgan fingerprint density at radius 3 is 2.79 bits per heavy atom. The summed E-state index contributed by atoms with van der Waals surface area (Å²) in [5, 5.41) is 6.61. The van der Waals surface area contributed by atoms with Gasteiger partial charge in [0, 0.05) is 22.2 Å². The van der Waals surface area contributed by atoms with Crippen molar-refractivity contribution in [1.82, 2.24) is 10.6 Å². The van der Waals surface area contributed by atoms with Crippen LogP contribution in [-0.4, -0.2) is 25.7 Å². The highest BCUT2D eigenvalue weighted by Gasteiger charge is 2.22. The lowest BCUT2D eigenvalue weighted by molar-refractivity contribution is 0.176. The summed E-state index contributed by atoms with van der Waals surface area (Å²) in [6, 6.07) is 5.14. The summed E-state index contributed by atoms with van der Waals surface area (Å²) < 4.78 is 4.52. The number of ether oxygens (including phenoxy) is 1. The Hall–Kier alpha value is -1.46. The first-order valence-electron chi connectivity index (χ1n) is 5.72. The number of aliphatic imine (C=N–C) groups is 1. The van der Waals surface area contributed by atoms with Crippen molar-refractivity contribution in [1.29, 1.82) is 0 Å². The van der Waals surface area contributed by atoms with Gasteiger partial charge in [0.2, 0.25) is 5.96 Å². The molecule has 7 heteroatoms. The third kappa shape index (κ3) is 3.30. The second kappa shape index (κ2) is 6.12. The second-order valence-electron chi connectivity index (χ2n) is 3.96. The molecule has 1 aliphatic heterocycles. The number of hydrogen-bond acceptors (Lipinski definition) is 4. The van der Waals surface area contributed by atoms with Crippen molar-refractivity contribution < 1.29 is 9.53 Å². The maximum absolute atomic E-state index is 11.2. The molecule has 0 aliphatic carbocycles. The van der Waals surface area contributed by atoms with Gasteiger partial charge in [0.05, 0.1) is 13.2 Å². The number of carbonyl (C=O) groups excluding carboxylic acids is 1. The summed E-state index contributed by atoms with van der Waals surface area (Å²) in [6.45, 7) is 0.662. The molecule has 1 aromatic rings. The van der Waals surface area contributed by atoms with Crippen molar-refractivity contribution in [2.24, 2.45) is 4.99 Å². The fourth-order valence-electron chi connectivity index (χ4n) is 1.86. The van der Waals surface area contributed by atoms with E-state index in [1.165, 1.54) is 7.11 Å². The number of halogens is 2. The molecule has 0 aromatic heterocycles. The first-order chi connectivity index (χ1) is 9.11. The molecule has 19 heavy (non-hydrogen) atoms. The van der Waals surface area contributed by atoms with Crippen LogP contribution in [0.2, 0.25) is 10.0 Å². The van der Waals surface area contributed by atoms with Gasteiger partial charge in [0.15, 0.2) is 0 Å². The van der Waals surface area contributed by atoms with E-state index in [2.05, 4.69) is 20.4 Å². The quantitative estimate of drug-likeness (QED) is 0.838. The molecule has 5 nitrogen and oxygen atoms in total. The van der Waals surface area contributed by atoms with E-state index in [9.17, 15) is 4.79 Å². The molecule has 0 radical (unpaired) electrons. The van der Waals surface area contributed by atoms with Crippen molar-refractivity contribution in [2.75, 3.05) is 13.7 Å². The van der Waals surface area contributed by atoms with E-state index in [1.807, 2.05) is 0 Å². The normalized spacial score (nSPS) is 18.3. The number of alkyl carbamates (subject to hydrolysis) is 1. The lowest BCUT2D eigenvalue weighted by Crippen LogP contribution is -2.44. The number of guanidine groups is 1. The topological polar surface area (TPSA) is 62.7 Å². The molecule has 0 saturated carbocycles. The van der Waals surface area contributed by atoms with Crippen molar-refractivity contribution in [3.8, 4) is 0 Å². The van der Waals surface area contributed by atoms with Gasteiger partial charge in [-0.15, -0.1) is 0 Å². The summed E-state index contributed by atoms with van der Waals surface area (Å²) >= 11 is 12.3. The van der Waals surface area contributed by atoms with Crippen LogP contribution in [0.4, 0.5) is 4.79 Å². The van der Waals surface area contributed by atoms with Crippen LogP contribution in [0.1, 0.15) is 18.0 Å². The Bertz CT molecular complexity index is 499. The van der Waals surface area contributed by atoms with Crippen LogP contribution in [0.3, 0.4) is 0 Å². The van der Waals surface area contributed by atoms with Gasteiger partial charge < -0.3 is 10.1 Å². The van der Waals surface area contributed by atoms with E-state index in [-0.39, 0.29) is 6.04 Å². The minimum absolute atomic E-state index is 0.186. The molecule has 0 fully saturated rings. The minimum atomic E-state index is -0.572. The molecule has 2 N–H and O–H groups in total. The molecule has 0 bridgehead atoms. The largest absolute Gasteiger partial charge is 0.453 e. The van der Waals surface area contributed by atoms with Crippen LogP contribution in [0, 0.1) is 0 Å². The Morgan fingerprint density at radius 1 is 1.47 bits per heavy atom. The van der Waals surface area contributed by atoms with E-state index in [1.54, 1.807) is 18.2 Å². The molecule has 1 aromatic carbocycles. The maximum atomic E-state index is 11.2. The van der Waals surface area contributed by atoms with Crippen LogP contribution in [0.15, 0.2) is 23.2 Å². The minimum Gasteiger partial charge on any atom is -0.453 e. The Balaban J connectivity index is 2.25. The Kier molecular flexibility index (Phi) is 4.50. The molecule has 1 aliphatic rings. The highest BCUT2D eigenvalue weighted by molar-refractivity contribution is 6.36. The van der Waals surface area contributed by atoms with Crippen LogP contribution in [-0.2, 0) is 4.74 Å². The smallest absolute Gasteiger partial charge is 0.413 e. The number of benzene rings is 1. The Labute approximate surface area is 120 Å². The summed E-state index contributed by atoms with van der Waals surface area (Å²) in [5.74, 6) is 0.360. The molecule has 0 saturated heterocycles. The molecule has 1 heterocycles. The first kappa shape index (κ1) is 14.0. The van der Waals surface area contributed by atoms with Gasteiger partial charge in [0.25, 0.3) is 0 Å². The lowest BCUT2D eigenvalue weighted by atomic mass is 10.0. The number of nitrogens with one attached hydrogen (secondary N) is 2. The zero-order valence-corrected chi connectivity index (χ0v) is 11.8. The van der Waals surface area contributed by atoms with Gasteiger partial charge in [-0.05, 0) is 18.6 Å². The average molecular weight is 302 g/mol. The van der Waals surface area contributed by atoms with E-state index in [0.29, 0.717) is 22.5 Å². The summed E-state index contributed by atoms with van der Waals surface area (Å²) in [4.78, 5) is 15.5. The standard InChI is InChI=1S/C12H13Cl2N3O2/c1-19-12(18)17-11-15-6-5-9(16-11)10-7(13)3-2-4-8(10)14/h2-4,9H,5-6H2,1H3,(H2,15,16,17,18). The SMILES string of the molecule is COC(=O)NC1=NC(c2c(Cl)cccc2Cl)CCN1. The van der Waals surface area contributed by atoms with E-state index in [4.69, 9.17) is 23.2 Å². The third-order valence-electron chi connectivity index (χ3n) is 2.73. The van der Waals surface area contributed by atoms with E-state index >= 15 is 0 Å². The van der Waals surface area contributed by atoms with Crippen molar-refractivity contribution in [3.63, 3.8) is 0 Å². The molecule has 1 amide bonds. The molecule has 0 spiro atoms. The average Bonchev–Trinajstić information content (AvgIpc) is 2.39. The predicted molar refractivity (Wildman–Crippen MR) is 74.8 cm³/mol. The number of rotatable bonds is 1. The van der Waals surface area contributed by atoms with Crippen LogP contribution in [0.25, 0.3) is 0 Å². The molecular weight excluding hydrogens is 289 g/mol. The van der Waals surface area contributed by atoms with Crippen molar-refractivity contribution >= 4 is 35.3 Å². The summed E-state index contributed by atoms with van der Waals surface area (Å²) in [6.07, 6.45) is 0.174. The molecule has 1 unspecified atom stereocenters. The molecule has 102 valence electrons. The van der Waals surface area contributed by atoms with Gasteiger partial charge in [-0.1, -0.05) is 29.3 Å². The number of nitrogens with zero attached hydrogens (tertiary/aromatic N) is 1. The summed E-state index contributed by atoms with van der Waals surface area (Å²) in [7, 11) is 1.29. The number of carbonyl (C=O) groups is 1. The number of hydrogen-bond donors (Lipinski definition) is 2. The van der Waals surface area contributed by atoms with Gasteiger partial charge in [0.1, 0.15) is 0 Å². The first-order valence-corrected chi connectivity index (χ1v) is 6.48. The highest BCUT2D eigenvalue weighted by atomic mass is 35.5. The van der Waals surface area contributed by atoms with Crippen LogP contribution >= 0.6 is 23.2 Å². The van der Waals surface area contributed by atoms with Gasteiger partial charge in [-0.25, -0.2) is 9.79 Å². The summed E-state index contributed by atoms with van der Waals surface area (Å²) in [5.41, 5.74) is 0.775. The number of amides is 1. The number of methoxy groups -OCH3 is 1. The molecule has 2 rings (SSSR count). The highest BCUT2D eigenvalue weighted by Crippen LogP contribution is 2.34. The zero-order valence-electron chi connectivity index (χ0n) is 10.2. The van der Waals surface area contributed by atoms with Crippen molar-refractivity contribution in [3.05, 3.63) is 33.8 Å². The Morgan fingerprint density at radius 2 is 2.16 bits per heavy atom. The van der Waals surface area contributed by atoms with Crippen LogP contribution < -0.4 is 10.6 Å². The predicted octanol–water partition coefficient (Wildman–Crippen LogP) is 2.74. The zero-order chi connectivity index (χ0) is 13.8. The van der Waals surface area contributed by atoms with Gasteiger partial charge in [-0.3, -0.25) is 5.32 Å². The molecular formula is C12H13Cl2N3O2. The van der Waals surface area contributed by atoms with Gasteiger partial charge in [-0.2, -0.15) is 0 Å². The second-order valence-corrected chi connectivity index (χ2v) is 4.78. The van der Waals surface area contributed by atoms with Gasteiger partial charge >= 0.3 is 6.09 Å². The fraction of sp³-hybridized carbons (Fsp3) is 0.333. The monoisotopic (exact) mass is 301 g/mol. The van der Waals surface area contributed by atoms with E-state index in [0.717, 1.165) is 12.0 Å². The van der Waals surface area contributed by atoms with Crippen LogP contribution in [0.5, 0.6) is 0 Å². The van der Waals surface area contributed by atoms with Crippen molar-refractivity contribution in [2.45, 2.75) is 12.5 Å². The maximum Gasteiger partial charge on any atom is 0.413 e. The molecule has 1 atom stereocenters. The van der Waals surface area contributed by atoms with E-state index < -0.39 is 6.09 Å². The third-order valence-corrected chi connectivity index (χ3v) is 3.39. The fourth-order valence-corrected chi connectivity index (χ4v) is 2.50. The lowest BCUT2D eigenvalue weighted by Gasteiger charge is -2.23.